The zero-order valence-electron chi connectivity index (χ0n) is 17.3. The molecule has 0 atom stereocenters. The fourth-order valence-corrected chi connectivity index (χ4v) is 4.80. The van der Waals surface area contributed by atoms with Gasteiger partial charge in [-0.1, -0.05) is 48.5 Å². The van der Waals surface area contributed by atoms with Crippen LogP contribution < -0.4 is 0 Å². The highest BCUT2D eigenvalue weighted by Gasteiger charge is 2.20. The second-order valence-corrected chi connectivity index (χ2v) is 8.43. The summed E-state index contributed by atoms with van der Waals surface area (Å²) in [6.07, 6.45) is 3.01. The van der Waals surface area contributed by atoms with Gasteiger partial charge < -0.3 is 9.88 Å². The normalized spacial score (nSPS) is 14.2. The summed E-state index contributed by atoms with van der Waals surface area (Å²) in [7, 11) is 0. The number of hydrogen-bond donors (Lipinski definition) is 1. The molecule has 1 N–H and O–H groups in total. The number of nitrogens with one attached hydrogen (secondary N) is 1. The number of carbonyl (C=O) groups is 1. The lowest BCUT2D eigenvalue weighted by atomic mass is 9.99. The van der Waals surface area contributed by atoms with Crippen molar-refractivity contribution in [3.8, 4) is 0 Å². The number of H-pyrrole nitrogens is 1. The SMILES string of the molecule is O=C(c1ccc2c(c1)[nH]c(=S)n1c3ccccc3nc21)N1CC=C(c2ccccc2)CC1. The number of carbonyl (C=O) groups excluding carboxylic acids is 1. The third-order valence-electron chi connectivity index (χ3n) is 6.15. The summed E-state index contributed by atoms with van der Waals surface area (Å²) >= 11 is 5.62. The Morgan fingerprint density at radius 1 is 1.00 bits per heavy atom. The molecule has 2 aromatic heterocycles. The zero-order valence-corrected chi connectivity index (χ0v) is 18.1. The number of aromatic amines is 1. The summed E-state index contributed by atoms with van der Waals surface area (Å²) in [4.78, 5) is 23.2. The van der Waals surface area contributed by atoms with Crippen molar-refractivity contribution >= 4 is 51.3 Å². The van der Waals surface area contributed by atoms with Crippen molar-refractivity contribution < 1.29 is 4.79 Å². The van der Waals surface area contributed by atoms with E-state index < -0.39 is 0 Å². The van der Waals surface area contributed by atoms with Gasteiger partial charge >= 0.3 is 0 Å². The zero-order chi connectivity index (χ0) is 21.7. The molecule has 1 amide bonds. The maximum Gasteiger partial charge on any atom is 0.254 e. The van der Waals surface area contributed by atoms with Crippen LogP contribution in [0.1, 0.15) is 22.3 Å². The number of aromatic nitrogens is 3. The van der Waals surface area contributed by atoms with Gasteiger partial charge in [-0.05, 0) is 60.1 Å². The van der Waals surface area contributed by atoms with E-state index in [0.29, 0.717) is 23.4 Å². The second kappa shape index (κ2) is 7.43. The Morgan fingerprint density at radius 3 is 2.62 bits per heavy atom. The Kier molecular flexibility index (Phi) is 4.40. The molecule has 3 aromatic carbocycles. The van der Waals surface area contributed by atoms with Crippen LogP contribution in [0.5, 0.6) is 0 Å². The van der Waals surface area contributed by atoms with Crippen LogP contribution in [0, 0.1) is 4.77 Å². The van der Waals surface area contributed by atoms with E-state index >= 15 is 0 Å². The first-order chi connectivity index (χ1) is 15.7. The van der Waals surface area contributed by atoms with Gasteiger partial charge in [0.25, 0.3) is 5.91 Å². The third-order valence-corrected chi connectivity index (χ3v) is 6.44. The summed E-state index contributed by atoms with van der Waals surface area (Å²) in [5.41, 5.74) is 6.67. The smallest absolute Gasteiger partial charge is 0.254 e. The lowest BCUT2D eigenvalue weighted by molar-refractivity contribution is 0.0773. The Morgan fingerprint density at radius 2 is 1.81 bits per heavy atom. The molecule has 6 heteroatoms. The van der Waals surface area contributed by atoms with Gasteiger partial charge in [0.1, 0.15) is 5.65 Å². The first-order valence-electron chi connectivity index (χ1n) is 10.7. The van der Waals surface area contributed by atoms with Gasteiger partial charge in [0.05, 0.1) is 16.6 Å². The predicted molar refractivity (Wildman–Crippen MR) is 130 cm³/mol. The number of nitrogens with zero attached hydrogens (tertiary/aromatic N) is 3. The number of hydrogen-bond acceptors (Lipinski definition) is 3. The van der Waals surface area contributed by atoms with E-state index in [2.05, 4.69) is 23.2 Å². The molecule has 156 valence electrons. The molecule has 1 aliphatic rings. The van der Waals surface area contributed by atoms with Gasteiger partial charge in [0.15, 0.2) is 4.77 Å². The van der Waals surface area contributed by atoms with E-state index in [4.69, 9.17) is 17.2 Å². The van der Waals surface area contributed by atoms with Crippen molar-refractivity contribution in [1.82, 2.24) is 19.3 Å². The maximum absolute atomic E-state index is 13.2. The summed E-state index contributed by atoms with van der Waals surface area (Å²) in [5.74, 6) is 0.0305. The highest BCUT2D eigenvalue weighted by atomic mass is 32.1. The molecule has 0 aliphatic carbocycles. The highest BCUT2D eigenvalue weighted by Crippen LogP contribution is 2.26. The molecular formula is C26H20N4OS. The maximum atomic E-state index is 13.2. The van der Waals surface area contributed by atoms with Crippen LogP contribution in [0.4, 0.5) is 0 Å². The quantitative estimate of drug-likeness (QED) is 0.365. The largest absolute Gasteiger partial charge is 0.335 e. The average molecular weight is 437 g/mol. The van der Waals surface area contributed by atoms with Crippen molar-refractivity contribution in [3.05, 3.63) is 94.8 Å². The Bertz CT molecular complexity index is 1600. The Balaban J connectivity index is 1.35. The van der Waals surface area contributed by atoms with E-state index in [1.165, 1.54) is 11.1 Å². The topological polar surface area (TPSA) is 53.4 Å². The van der Waals surface area contributed by atoms with E-state index in [0.717, 1.165) is 34.0 Å². The minimum absolute atomic E-state index is 0.0305. The van der Waals surface area contributed by atoms with Crippen LogP contribution in [-0.2, 0) is 0 Å². The molecule has 6 rings (SSSR count). The van der Waals surface area contributed by atoms with E-state index in [-0.39, 0.29) is 5.91 Å². The molecule has 0 saturated heterocycles. The summed E-state index contributed by atoms with van der Waals surface area (Å²) in [5, 5.41) is 0.941. The average Bonchev–Trinajstić information content (AvgIpc) is 3.24. The summed E-state index contributed by atoms with van der Waals surface area (Å²) < 4.78 is 2.52. The molecule has 0 unspecified atom stereocenters. The van der Waals surface area contributed by atoms with Crippen molar-refractivity contribution in [1.29, 1.82) is 0 Å². The number of imidazole rings is 1. The minimum atomic E-state index is 0.0305. The van der Waals surface area contributed by atoms with Gasteiger partial charge in [-0.2, -0.15) is 0 Å². The molecule has 1 aliphatic heterocycles. The number of rotatable bonds is 2. The monoisotopic (exact) mass is 436 g/mol. The molecule has 5 nitrogen and oxygen atoms in total. The van der Waals surface area contributed by atoms with Crippen molar-refractivity contribution in [2.45, 2.75) is 6.42 Å². The number of fused-ring (bicyclic) bond motifs is 5. The van der Waals surface area contributed by atoms with Crippen molar-refractivity contribution in [2.24, 2.45) is 0 Å². The fourth-order valence-electron chi connectivity index (χ4n) is 4.51. The lowest BCUT2D eigenvalue weighted by Crippen LogP contribution is -2.34. The van der Waals surface area contributed by atoms with E-state index in [1.807, 2.05) is 70.0 Å². The molecule has 0 spiro atoms. The molecule has 3 heterocycles. The second-order valence-electron chi connectivity index (χ2n) is 8.05. The fraction of sp³-hybridized carbons (Fsp3) is 0.115. The summed E-state index contributed by atoms with van der Waals surface area (Å²) in [6.45, 7) is 1.32. The summed E-state index contributed by atoms with van der Waals surface area (Å²) in [6, 6.07) is 24.0. The molecule has 0 bridgehead atoms. The van der Waals surface area contributed by atoms with Crippen molar-refractivity contribution in [2.75, 3.05) is 13.1 Å². The molecule has 0 fully saturated rings. The van der Waals surface area contributed by atoms with Crippen LogP contribution in [0.25, 0.3) is 33.2 Å². The van der Waals surface area contributed by atoms with Gasteiger partial charge in [0, 0.05) is 24.0 Å². The third kappa shape index (κ3) is 3.03. The molecule has 32 heavy (non-hydrogen) atoms. The lowest BCUT2D eigenvalue weighted by Gasteiger charge is -2.27. The number of benzene rings is 3. The van der Waals surface area contributed by atoms with Gasteiger partial charge in [-0.25, -0.2) is 4.98 Å². The standard InChI is InChI=1S/C26H20N4OS/c31-25(29-14-12-18(13-15-29)17-6-2-1-3-7-17)19-10-11-20-22(16-19)28-26(32)30-23-9-5-4-8-21(23)27-24(20)30/h1-12,16H,13-15H2,(H,28,32). The van der Waals surface area contributed by atoms with Crippen LogP contribution in [-0.4, -0.2) is 38.3 Å². The van der Waals surface area contributed by atoms with Crippen LogP contribution in [0.15, 0.2) is 78.9 Å². The number of para-hydroxylation sites is 2. The van der Waals surface area contributed by atoms with Gasteiger partial charge in [0.2, 0.25) is 0 Å². The van der Waals surface area contributed by atoms with Crippen LogP contribution >= 0.6 is 12.2 Å². The highest BCUT2D eigenvalue weighted by molar-refractivity contribution is 7.71. The minimum Gasteiger partial charge on any atom is -0.335 e. The van der Waals surface area contributed by atoms with Gasteiger partial charge in [-0.15, -0.1) is 0 Å². The predicted octanol–water partition coefficient (Wildman–Crippen LogP) is 5.63. The first-order valence-corrected chi connectivity index (χ1v) is 11.1. The van der Waals surface area contributed by atoms with Crippen LogP contribution in [0.2, 0.25) is 0 Å². The molecule has 0 saturated carbocycles. The number of amides is 1. The molecular weight excluding hydrogens is 416 g/mol. The molecule has 5 aromatic rings. The van der Waals surface area contributed by atoms with Crippen LogP contribution in [0.3, 0.4) is 0 Å². The van der Waals surface area contributed by atoms with E-state index in [9.17, 15) is 4.79 Å². The Hall–Kier alpha value is -3.77. The van der Waals surface area contributed by atoms with Gasteiger partial charge in [-0.3, -0.25) is 9.20 Å². The van der Waals surface area contributed by atoms with E-state index in [1.54, 1.807) is 0 Å². The Labute approximate surface area is 189 Å². The first kappa shape index (κ1) is 19.0. The van der Waals surface area contributed by atoms with Crippen molar-refractivity contribution in [3.63, 3.8) is 0 Å². The molecule has 0 radical (unpaired) electrons.